The molecule has 0 fully saturated rings. The minimum absolute atomic E-state index is 0.0880. The Bertz CT molecular complexity index is 779. The number of amides is 1. The van der Waals surface area contributed by atoms with Crippen LogP contribution in [0.1, 0.15) is 25.9 Å². The number of carbonyl (C=O) groups is 2. The molecule has 2 N–H and O–H groups in total. The number of aromatic nitrogens is 2. The summed E-state index contributed by atoms with van der Waals surface area (Å²) in [7, 11) is 0. The van der Waals surface area contributed by atoms with Gasteiger partial charge in [0.05, 0.1) is 12.2 Å². The summed E-state index contributed by atoms with van der Waals surface area (Å²) in [4.78, 5) is 38.7. The van der Waals surface area contributed by atoms with Crippen LogP contribution in [0.3, 0.4) is 0 Å². The fourth-order valence-electron chi connectivity index (χ4n) is 1.85. The highest BCUT2D eigenvalue weighted by atomic mass is 32.1. The molecule has 116 valence electrons. The number of hydrogen-bond donors (Lipinski definition) is 2. The maximum atomic E-state index is 11.8. The monoisotopic (exact) mass is 321 g/mol. The number of thiazole rings is 1. The van der Waals surface area contributed by atoms with Crippen LogP contribution in [0.4, 0.5) is 0 Å². The van der Waals surface area contributed by atoms with Gasteiger partial charge in [0.25, 0.3) is 5.56 Å². The molecule has 0 aliphatic heterocycles. The normalized spacial score (nSPS) is 10.5. The summed E-state index contributed by atoms with van der Waals surface area (Å²) >= 11 is 1.03. The summed E-state index contributed by atoms with van der Waals surface area (Å²) in [6.45, 7) is 3.46. The molecule has 2 rings (SSSR count). The van der Waals surface area contributed by atoms with Crippen molar-refractivity contribution in [2.45, 2.75) is 26.9 Å². The number of hydrogen-bond acceptors (Lipinski definition) is 5. The SMILES string of the molecule is Cc1ccn(CC(=O)NCc2nc(C)c(C(=O)O)s2)c(=O)c1. The lowest BCUT2D eigenvalue weighted by Gasteiger charge is -2.06. The van der Waals surface area contributed by atoms with E-state index in [1.165, 1.54) is 10.6 Å². The van der Waals surface area contributed by atoms with Crippen LogP contribution in [0.5, 0.6) is 0 Å². The first-order valence-corrected chi connectivity index (χ1v) is 7.32. The number of carbonyl (C=O) groups excluding carboxylic acids is 1. The molecule has 8 heteroatoms. The molecule has 0 atom stereocenters. The minimum atomic E-state index is -1.03. The van der Waals surface area contributed by atoms with Crippen LogP contribution in [-0.2, 0) is 17.9 Å². The quantitative estimate of drug-likeness (QED) is 0.853. The lowest BCUT2D eigenvalue weighted by atomic mass is 10.3. The average Bonchev–Trinajstić information content (AvgIpc) is 2.81. The minimum Gasteiger partial charge on any atom is -0.477 e. The smallest absolute Gasteiger partial charge is 0.347 e. The maximum Gasteiger partial charge on any atom is 0.347 e. The van der Waals surface area contributed by atoms with E-state index in [-0.39, 0.29) is 29.4 Å². The van der Waals surface area contributed by atoms with Gasteiger partial charge in [-0.25, -0.2) is 9.78 Å². The topological polar surface area (TPSA) is 101 Å². The maximum absolute atomic E-state index is 11.8. The van der Waals surface area contributed by atoms with Crippen molar-refractivity contribution in [3.05, 3.63) is 49.8 Å². The van der Waals surface area contributed by atoms with Crippen LogP contribution in [0.25, 0.3) is 0 Å². The highest BCUT2D eigenvalue weighted by Crippen LogP contribution is 2.17. The van der Waals surface area contributed by atoms with E-state index in [1.807, 2.05) is 0 Å². The third-order valence-corrected chi connectivity index (χ3v) is 4.08. The Labute approximate surface area is 130 Å². The van der Waals surface area contributed by atoms with E-state index in [2.05, 4.69) is 10.3 Å². The molecule has 7 nitrogen and oxygen atoms in total. The molecule has 0 radical (unpaired) electrons. The lowest BCUT2D eigenvalue weighted by Crippen LogP contribution is -2.31. The zero-order valence-electron chi connectivity index (χ0n) is 12.1. The van der Waals surface area contributed by atoms with Crippen molar-refractivity contribution in [1.82, 2.24) is 14.9 Å². The van der Waals surface area contributed by atoms with Crippen LogP contribution in [-0.4, -0.2) is 26.5 Å². The number of carboxylic acids is 1. The summed E-state index contributed by atoms with van der Waals surface area (Å²) in [5.74, 6) is -1.37. The first-order chi connectivity index (χ1) is 10.4. The Morgan fingerprint density at radius 3 is 2.73 bits per heavy atom. The van der Waals surface area contributed by atoms with Crippen molar-refractivity contribution < 1.29 is 14.7 Å². The zero-order valence-corrected chi connectivity index (χ0v) is 12.9. The number of rotatable bonds is 5. The van der Waals surface area contributed by atoms with Crippen molar-refractivity contribution in [2.75, 3.05) is 0 Å². The van der Waals surface area contributed by atoms with Gasteiger partial charge in [-0.05, 0) is 25.5 Å². The number of nitrogens with zero attached hydrogens (tertiary/aromatic N) is 2. The predicted octanol–water partition coefficient (Wildman–Crippen LogP) is 0.936. The summed E-state index contributed by atoms with van der Waals surface area (Å²) in [6.07, 6.45) is 1.56. The van der Waals surface area contributed by atoms with E-state index >= 15 is 0 Å². The standard InChI is InChI=1S/C14H15N3O4S/c1-8-3-4-17(12(19)5-8)7-10(18)15-6-11-16-9(2)13(22-11)14(20)21/h3-5H,6-7H2,1-2H3,(H,15,18)(H,20,21). The van der Waals surface area contributed by atoms with E-state index in [1.54, 1.807) is 26.1 Å². The first-order valence-electron chi connectivity index (χ1n) is 6.50. The second-order valence-corrected chi connectivity index (χ2v) is 5.86. The van der Waals surface area contributed by atoms with Crippen LogP contribution in [0, 0.1) is 13.8 Å². The third-order valence-electron chi connectivity index (χ3n) is 2.94. The Morgan fingerprint density at radius 2 is 2.14 bits per heavy atom. The molecule has 0 aromatic carbocycles. The van der Waals surface area contributed by atoms with Gasteiger partial charge in [0.15, 0.2) is 0 Å². The van der Waals surface area contributed by atoms with Crippen LogP contribution in [0.2, 0.25) is 0 Å². The number of aryl methyl sites for hydroxylation is 2. The van der Waals surface area contributed by atoms with Crippen molar-refractivity contribution in [2.24, 2.45) is 0 Å². The van der Waals surface area contributed by atoms with Crippen LogP contribution < -0.4 is 10.9 Å². The third kappa shape index (κ3) is 3.79. The van der Waals surface area contributed by atoms with Gasteiger partial charge in [0, 0.05) is 12.3 Å². The van der Waals surface area contributed by atoms with Gasteiger partial charge < -0.3 is 15.0 Å². The van der Waals surface area contributed by atoms with Crippen molar-refractivity contribution in [3.8, 4) is 0 Å². The molecule has 0 spiro atoms. The summed E-state index contributed by atoms with van der Waals surface area (Å²) in [6, 6.07) is 3.20. The van der Waals surface area contributed by atoms with Gasteiger partial charge in [-0.1, -0.05) is 0 Å². The lowest BCUT2D eigenvalue weighted by molar-refractivity contribution is -0.121. The van der Waals surface area contributed by atoms with E-state index in [0.717, 1.165) is 16.9 Å². The van der Waals surface area contributed by atoms with Gasteiger partial charge in [-0.3, -0.25) is 9.59 Å². The predicted molar refractivity (Wildman–Crippen MR) is 81.1 cm³/mol. The summed E-state index contributed by atoms with van der Waals surface area (Å²) in [5, 5.41) is 12.1. The number of pyridine rings is 1. The van der Waals surface area contributed by atoms with Gasteiger partial charge >= 0.3 is 5.97 Å². The summed E-state index contributed by atoms with van der Waals surface area (Å²) < 4.78 is 1.30. The van der Waals surface area contributed by atoms with Crippen molar-refractivity contribution in [3.63, 3.8) is 0 Å². The van der Waals surface area contributed by atoms with Gasteiger partial charge in [0.1, 0.15) is 16.4 Å². The largest absolute Gasteiger partial charge is 0.477 e. The molecule has 2 heterocycles. The second kappa shape index (κ2) is 6.52. The van der Waals surface area contributed by atoms with Crippen LogP contribution in [0.15, 0.2) is 23.1 Å². The fraction of sp³-hybridized carbons (Fsp3) is 0.286. The molecule has 1 amide bonds. The Hall–Kier alpha value is -2.48. The molecule has 2 aromatic heterocycles. The van der Waals surface area contributed by atoms with Crippen LogP contribution >= 0.6 is 11.3 Å². The van der Waals surface area contributed by atoms with E-state index < -0.39 is 5.97 Å². The highest BCUT2D eigenvalue weighted by molar-refractivity contribution is 7.13. The van der Waals surface area contributed by atoms with Gasteiger partial charge in [-0.15, -0.1) is 11.3 Å². The second-order valence-electron chi connectivity index (χ2n) is 4.77. The molecule has 0 bridgehead atoms. The van der Waals surface area contributed by atoms with E-state index in [0.29, 0.717) is 10.7 Å². The highest BCUT2D eigenvalue weighted by Gasteiger charge is 2.14. The molecule has 0 unspecified atom stereocenters. The van der Waals surface area contributed by atoms with Crippen molar-refractivity contribution >= 4 is 23.2 Å². The van der Waals surface area contributed by atoms with Gasteiger partial charge in [-0.2, -0.15) is 0 Å². The zero-order chi connectivity index (χ0) is 16.3. The molecule has 0 saturated heterocycles. The molecule has 22 heavy (non-hydrogen) atoms. The Balaban J connectivity index is 1.97. The van der Waals surface area contributed by atoms with Crippen molar-refractivity contribution in [1.29, 1.82) is 0 Å². The number of aromatic carboxylic acids is 1. The molecule has 0 aliphatic carbocycles. The average molecular weight is 321 g/mol. The Morgan fingerprint density at radius 1 is 1.41 bits per heavy atom. The van der Waals surface area contributed by atoms with E-state index in [4.69, 9.17) is 5.11 Å². The first kappa shape index (κ1) is 15.9. The molecule has 2 aromatic rings. The van der Waals surface area contributed by atoms with E-state index in [9.17, 15) is 14.4 Å². The molecule has 0 saturated carbocycles. The summed E-state index contributed by atoms with van der Waals surface area (Å²) in [5.41, 5.74) is 1.02. The van der Waals surface area contributed by atoms with Gasteiger partial charge in [0.2, 0.25) is 5.91 Å². The number of carboxylic acid groups (broad SMARTS) is 1. The molecule has 0 aliphatic rings. The molecular formula is C14H15N3O4S. The Kier molecular flexibility index (Phi) is 4.71. The molecular weight excluding hydrogens is 306 g/mol. The number of nitrogens with one attached hydrogen (secondary N) is 1. The fourth-order valence-corrected chi connectivity index (χ4v) is 2.69.